The van der Waals surface area contributed by atoms with Gasteiger partial charge in [-0.25, -0.2) is 13.6 Å². The molecule has 0 aliphatic carbocycles. The Labute approximate surface area is 108 Å². The summed E-state index contributed by atoms with van der Waals surface area (Å²) in [6.07, 6.45) is 3.51. The highest BCUT2D eigenvalue weighted by Gasteiger charge is 2.31. The molecular formula is C11H20N2O4S. The van der Waals surface area contributed by atoms with Crippen molar-refractivity contribution in [2.45, 2.75) is 43.5 Å². The summed E-state index contributed by atoms with van der Waals surface area (Å²) in [6.45, 7) is 1.57. The lowest BCUT2D eigenvalue weighted by Gasteiger charge is -2.32. The second-order valence-corrected chi connectivity index (χ2v) is 6.88. The molecule has 0 saturated carbocycles. The largest absolute Gasteiger partial charge is 0.378 e. The van der Waals surface area contributed by atoms with Gasteiger partial charge in [-0.3, -0.25) is 4.79 Å². The van der Waals surface area contributed by atoms with Crippen LogP contribution in [-0.2, 0) is 19.6 Å². The number of hydrogen-bond acceptors (Lipinski definition) is 4. The zero-order valence-corrected chi connectivity index (χ0v) is 11.2. The van der Waals surface area contributed by atoms with Crippen molar-refractivity contribution < 1.29 is 17.9 Å². The molecule has 0 aromatic rings. The molecule has 104 valence electrons. The lowest BCUT2D eigenvalue weighted by Crippen LogP contribution is -2.47. The molecule has 2 aliphatic heterocycles. The zero-order chi connectivity index (χ0) is 13.2. The van der Waals surface area contributed by atoms with Gasteiger partial charge in [0.1, 0.15) is 0 Å². The van der Waals surface area contributed by atoms with Gasteiger partial charge < -0.3 is 9.64 Å². The normalized spacial score (nSPS) is 29.5. The summed E-state index contributed by atoms with van der Waals surface area (Å²) < 4.78 is 28.0. The molecule has 2 N–H and O–H groups in total. The van der Waals surface area contributed by atoms with E-state index >= 15 is 0 Å². The molecule has 0 bridgehead atoms. The standard InChI is InChI=1S/C11H20N2O4S/c12-18(15,16)10-4-1-5-13(8-10)11(14)7-9-3-2-6-17-9/h9-10H,1-8H2,(H2,12,15,16). The lowest BCUT2D eigenvalue weighted by atomic mass is 10.1. The van der Waals surface area contributed by atoms with Crippen LogP contribution in [0, 0.1) is 0 Å². The monoisotopic (exact) mass is 276 g/mol. The third-order valence-electron chi connectivity index (χ3n) is 3.62. The Bertz CT molecular complexity index is 403. The summed E-state index contributed by atoms with van der Waals surface area (Å²) in [6, 6.07) is 0. The van der Waals surface area contributed by atoms with Gasteiger partial charge in [0, 0.05) is 19.7 Å². The highest BCUT2D eigenvalue weighted by molar-refractivity contribution is 7.89. The van der Waals surface area contributed by atoms with E-state index in [0.717, 1.165) is 19.4 Å². The SMILES string of the molecule is NS(=O)(=O)C1CCCN(C(=O)CC2CCCO2)C1. The molecule has 7 heteroatoms. The number of sulfonamides is 1. The van der Waals surface area contributed by atoms with Crippen LogP contribution >= 0.6 is 0 Å². The van der Waals surface area contributed by atoms with Crippen molar-refractivity contribution in [2.75, 3.05) is 19.7 Å². The second kappa shape index (κ2) is 5.54. The van der Waals surface area contributed by atoms with E-state index in [4.69, 9.17) is 9.88 Å². The number of carbonyl (C=O) groups is 1. The van der Waals surface area contributed by atoms with Gasteiger partial charge in [0.2, 0.25) is 15.9 Å². The summed E-state index contributed by atoms with van der Waals surface area (Å²) in [5.41, 5.74) is 0. The molecule has 0 spiro atoms. The maximum absolute atomic E-state index is 12.0. The van der Waals surface area contributed by atoms with E-state index in [9.17, 15) is 13.2 Å². The van der Waals surface area contributed by atoms with Gasteiger partial charge in [-0.05, 0) is 25.7 Å². The smallest absolute Gasteiger partial charge is 0.225 e. The number of amides is 1. The fourth-order valence-electron chi connectivity index (χ4n) is 2.56. The van der Waals surface area contributed by atoms with Crippen molar-refractivity contribution >= 4 is 15.9 Å². The fourth-order valence-corrected chi connectivity index (χ4v) is 3.44. The van der Waals surface area contributed by atoms with Crippen LogP contribution in [-0.4, -0.2) is 50.3 Å². The van der Waals surface area contributed by atoms with E-state index in [-0.39, 0.29) is 18.6 Å². The molecule has 2 rings (SSSR count). The summed E-state index contributed by atoms with van der Waals surface area (Å²) in [7, 11) is -3.54. The second-order valence-electron chi connectivity index (χ2n) is 5.03. The number of rotatable bonds is 3. The summed E-state index contributed by atoms with van der Waals surface area (Å²) in [5.74, 6) is -0.0183. The number of nitrogens with two attached hydrogens (primary N) is 1. The molecule has 0 radical (unpaired) electrons. The molecule has 2 saturated heterocycles. The van der Waals surface area contributed by atoms with Crippen molar-refractivity contribution in [3.8, 4) is 0 Å². The van der Waals surface area contributed by atoms with E-state index in [2.05, 4.69) is 0 Å². The number of nitrogens with zero attached hydrogens (tertiary/aromatic N) is 1. The number of ether oxygens (including phenoxy) is 1. The maximum atomic E-state index is 12.0. The van der Waals surface area contributed by atoms with Crippen LogP contribution in [0.15, 0.2) is 0 Å². The molecule has 1 amide bonds. The van der Waals surface area contributed by atoms with Crippen molar-refractivity contribution in [3.63, 3.8) is 0 Å². The van der Waals surface area contributed by atoms with Crippen LogP contribution < -0.4 is 5.14 Å². The number of hydrogen-bond donors (Lipinski definition) is 1. The zero-order valence-electron chi connectivity index (χ0n) is 10.4. The fraction of sp³-hybridized carbons (Fsp3) is 0.909. The van der Waals surface area contributed by atoms with E-state index in [1.54, 1.807) is 4.90 Å². The highest BCUT2D eigenvalue weighted by atomic mass is 32.2. The van der Waals surface area contributed by atoms with Gasteiger partial charge in [0.05, 0.1) is 17.8 Å². The molecule has 2 heterocycles. The molecule has 2 fully saturated rings. The topological polar surface area (TPSA) is 89.7 Å². The average Bonchev–Trinajstić information content (AvgIpc) is 2.81. The van der Waals surface area contributed by atoms with Gasteiger partial charge in [-0.1, -0.05) is 0 Å². The Kier molecular flexibility index (Phi) is 4.24. The third kappa shape index (κ3) is 3.43. The van der Waals surface area contributed by atoms with Gasteiger partial charge in [0.25, 0.3) is 0 Å². The first-order chi connectivity index (χ1) is 8.47. The van der Waals surface area contributed by atoms with Crippen LogP contribution in [0.5, 0.6) is 0 Å². The number of likely N-dealkylation sites (tertiary alicyclic amines) is 1. The van der Waals surface area contributed by atoms with Crippen LogP contribution in [0.25, 0.3) is 0 Å². The molecule has 18 heavy (non-hydrogen) atoms. The molecule has 0 aromatic carbocycles. The Morgan fingerprint density at radius 3 is 2.72 bits per heavy atom. The van der Waals surface area contributed by atoms with Crippen molar-refractivity contribution in [3.05, 3.63) is 0 Å². The van der Waals surface area contributed by atoms with E-state index in [0.29, 0.717) is 25.8 Å². The molecule has 2 aliphatic rings. The molecule has 0 aromatic heterocycles. The summed E-state index contributed by atoms with van der Waals surface area (Å²) in [4.78, 5) is 13.6. The van der Waals surface area contributed by atoms with Crippen LogP contribution in [0.3, 0.4) is 0 Å². The number of carbonyl (C=O) groups excluding carboxylic acids is 1. The predicted octanol–water partition coefficient (Wildman–Crippen LogP) is -0.165. The average molecular weight is 276 g/mol. The van der Waals surface area contributed by atoms with Crippen molar-refractivity contribution in [2.24, 2.45) is 5.14 Å². The van der Waals surface area contributed by atoms with E-state index in [1.807, 2.05) is 0 Å². The Morgan fingerprint density at radius 2 is 2.11 bits per heavy atom. The minimum absolute atomic E-state index is 0.00682. The van der Waals surface area contributed by atoms with Crippen LogP contribution in [0.2, 0.25) is 0 Å². The highest BCUT2D eigenvalue weighted by Crippen LogP contribution is 2.20. The maximum Gasteiger partial charge on any atom is 0.225 e. The Hall–Kier alpha value is -0.660. The molecule has 2 atom stereocenters. The minimum atomic E-state index is -3.54. The third-order valence-corrected chi connectivity index (χ3v) is 4.94. The first kappa shape index (κ1) is 13.8. The van der Waals surface area contributed by atoms with Gasteiger partial charge in [-0.15, -0.1) is 0 Å². The Balaban J connectivity index is 1.89. The van der Waals surface area contributed by atoms with Crippen LogP contribution in [0.4, 0.5) is 0 Å². The number of primary sulfonamides is 1. The minimum Gasteiger partial charge on any atom is -0.378 e. The Morgan fingerprint density at radius 1 is 1.33 bits per heavy atom. The van der Waals surface area contributed by atoms with E-state index in [1.165, 1.54) is 0 Å². The van der Waals surface area contributed by atoms with Crippen molar-refractivity contribution in [1.82, 2.24) is 4.90 Å². The lowest BCUT2D eigenvalue weighted by molar-refractivity contribution is -0.134. The first-order valence-corrected chi connectivity index (χ1v) is 7.99. The van der Waals surface area contributed by atoms with Gasteiger partial charge in [-0.2, -0.15) is 0 Å². The first-order valence-electron chi connectivity index (χ1n) is 6.38. The van der Waals surface area contributed by atoms with Gasteiger partial charge >= 0.3 is 0 Å². The molecule has 2 unspecified atom stereocenters. The van der Waals surface area contributed by atoms with Gasteiger partial charge in [0.15, 0.2) is 0 Å². The summed E-state index contributed by atoms with van der Waals surface area (Å²) in [5, 5.41) is 4.53. The molecular weight excluding hydrogens is 256 g/mol. The number of piperidine rings is 1. The summed E-state index contributed by atoms with van der Waals surface area (Å²) >= 11 is 0. The van der Waals surface area contributed by atoms with Crippen molar-refractivity contribution in [1.29, 1.82) is 0 Å². The quantitative estimate of drug-likeness (QED) is 0.775. The predicted molar refractivity (Wildman–Crippen MR) is 66.3 cm³/mol. The van der Waals surface area contributed by atoms with Crippen LogP contribution in [0.1, 0.15) is 32.1 Å². The molecule has 6 nitrogen and oxygen atoms in total. The van der Waals surface area contributed by atoms with E-state index < -0.39 is 15.3 Å².